The standard InChI is InChI=1S/C7H6N2O3S2/c10-14(11,12)4-1-2-5-6(3-4)9-7(13)8-5/h1-3H,(H2,8,9,13)(H,10,11,12). The summed E-state index contributed by atoms with van der Waals surface area (Å²) in [5, 5.41) is 0. The monoisotopic (exact) mass is 230 g/mol. The number of fused-ring (bicyclic) bond motifs is 1. The Kier molecular flexibility index (Phi) is 1.95. The van der Waals surface area contributed by atoms with Gasteiger partial charge in [-0.1, -0.05) is 0 Å². The topological polar surface area (TPSA) is 85.9 Å². The van der Waals surface area contributed by atoms with Crippen molar-refractivity contribution >= 4 is 33.4 Å². The molecule has 0 atom stereocenters. The average Bonchev–Trinajstić information content (AvgIpc) is 2.41. The third-order valence-corrected chi connectivity index (χ3v) is 2.84. The van der Waals surface area contributed by atoms with Crippen LogP contribution in [-0.2, 0) is 10.1 Å². The lowest BCUT2D eigenvalue weighted by Gasteiger charge is -1.95. The van der Waals surface area contributed by atoms with Crippen molar-refractivity contribution in [2.45, 2.75) is 4.90 Å². The van der Waals surface area contributed by atoms with Crippen LogP contribution in [0.25, 0.3) is 11.0 Å². The molecule has 7 heteroatoms. The largest absolute Gasteiger partial charge is 0.331 e. The first-order valence-corrected chi connectivity index (χ1v) is 5.51. The number of hydrogen-bond donors (Lipinski definition) is 3. The van der Waals surface area contributed by atoms with Crippen molar-refractivity contribution < 1.29 is 13.0 Å². The molecular weight excluding hydrogens is 224 g/mol. The molecule has 0 radical (unpaired) electrons. The molecule has 74 valence electrons. The maximum absolute atomic E-state index is 10.8. The lowest BCUT2D eigenvalue weighted by Crippen LogP contribution is -1.97. The fraction of sp³-hybridized carbons (Fsp3) is 0. The Morgan fingerprint density at radius 1 is 1.21 bits per heavy atom. The van der Waals surface area contributed by atoms with E-state index in [-0.39, 0.29) is 4.90 Å². The van der Waals surface area contributed by atoms with Gasteiger partial charge >= 0.3 is 0 Å². The number of nitrogens with one attached hydrogen (secondary N) is 2. The lowest BCUT2D eigenvalue weighted by molar-refractivity contribution is 0.483. The minimum absolute atomic E-state index is 0.157. The molecule has 1 aromatic carbocycles. The molecule has 0 saturated heterocycles. The summed E-state index contributed by atoms with van der Waals surface area (Å²) in [4.78, 5) is 5.42. The van der Waals surface area contributed by atoms with Crippen LogP contribution in [0.3, 0.4) is 0 Å². The summed E-state index contributed by atoms with van der Waals surface area (Å²) in [6.07, 6.45) is 0. The zero-order chi connectivity index (χ0) is 10.3. The van der Waals surface area contributed by atoms with E-state index in [9.17, 15) is 8.42 Å². The van der Waals surface area contributed by atoms with E-state index < -0.39 is 10.1 Å². The van der Waals surface area contributed by atoms with Crippen LogP contribution in [0, 0.1) is 4.77 Å². The molecule has 3 N–H and O–H groups in total. The Morgan fingerprint density at radius 2 is 1.86 bits per heavy atom. The molecule has 2 rings (SSSR count). The summed E-state index contributed by atoms with van der Waals surface area (Å²) in [7, 11) is -4.15. The second kappa shape index (κ2) is 2.91. The van der Waals surface area contributed by atoms with Crippen LogP contribution in [0.15, 0.2) is 23.1 Å². The van der Waals surface area contributed by atoms with E-state index in [1.54, 1.807) is 0 Å². The SMILES string of the molecule is O=S(=O)(O)c1ccc2[nH]c(=S)[nH]c2c1. The van der Waals surface area contributed by atoms with Gasteiger partial charge in [0.1, 0.15) is 0 Å². The first-order chi connectivity index (χ1) is 6.47. The molecule has 2 aromatic rings. The number of benzene rings is 1. The molecule has 0 aliphatic heterocycles. The van der Waals surface area contributed by atoms with Crippen molar-refractivity contribution in [1.82, 2.24) is 9.97 Å². The second-order valence-electron chi connectivity index (χ2n) is 2.76. The minimum atomic E-state index is -4.15. The molecule has 1 heterocycles. The highest BCUT2D eigenvalue weighted by Crippen LogP contribution is 2.15. The van der Waals surface area contributed by atoms with Crippen molar-refractivity contribution in [3.05, 3.63) is 23.0 Å². The highest BCUT2D eigenvalue weighted by atomic mass is 32.2. The molecule has 0 spiro atoms. The highest BCUT2D eigenvalue weighted by molar-refractivity contribution is 7.85. The minimum Gasteiger partial charge on any atom is -0.331 e. The van der Waals surface area contributed by atoms with Crippen LogP contribution < -0.4 is 0 Å². The molecule has 14 heavy (non-hydrogen) atoms. The predicted molar refractivity (Wildman–Crippen MR) is 53.3 cm³/mol. The van der Waals surface area contributed by atoms with Gasteiger partial charge in [-0.2, -0.15) is 8.42 Å². The Hall–Kier alpha value is -1.18. The maximum atomic E-state index is 10.8. The normalized spacial score (nSPS) is 12.1. The molecular formula is C7H6N2O3S2. The summed E-state index contributed by atoms with van der Waals surface area (Å²) >= 11 is 4.83. The van der Waals surface area contributed by atoms with Crippen LogP contribution in [-0.4, -0.2) is 22.9 Å². The molecule has 0 bridgehead atoms. The lowest BCUT2D eigenvalue weighted by atomic mass is 10.3. The molecule has 5 nitrogen and oxygen atoms in total. The first-order valence-electron chi connectivity index (χ1n) is 3.66. The van der Waals surface area contributed by atoms with E-state index >= 15 is 0 Å². The fourth-order valence-electron chi connectivity index (χ4n) is 1.17. The third kappa shape index (κ3) is 1.57. The number of rotatable bonds is 1. The zero-order valence-corrected chi connectivity index (χ0v) is 8.45. The van der Waals surface area contributed by atoms with Crippen LogP contribution in [0.2, 0.25) is 0 Å². The van der Waals surface area contributed by atoms with Crippen molar-refractivity contribution in [2.75, 3.05) is 0 Å². The van der Waals surface area contributed by atoms with Gasteiger partial charge in [-0.25, -0.2) is 0 Å². The Labute approximate surface area is 84.5 Å². The molecule has 0 aliphatic rings. The second-order valence-corrected chi connectivity index (χ2v) is 4.59. The van der Waals surface area contributed by atoms with Gasteiger partial charge in [-0.3, -0.25) is 4.55 Å². The van der Waals surface area contributed by atoms with Crippen LogP contribution in [0.4, 0.5) is 0 Å². The Balaban J connectivity index is 2.80. The summed E-state index contributed by atoms with van der Waals surface area (Å²) < 4.78 is 30.8. The molecule has 0 fully saturated rings. The van der Waals surface area contributed by atoms with Crippen molar-refractivity contribution in [2.24, 2.45) is 0 Å². The number of imidazole rings is 1. The number of aromatic nitrogens is 2. The number of aromatic amines is 2. The molecule has 0 unspecified atom stereocenters. The Morgan fingerprint density at radius 3 is 2.50 bits per heavy atom. The van der Waals surface area contributed by atoms with E-state index in [0.717, 1.165) is 0 Å². The fourth-order valence-corrected chi connectivity index (χ4v) is 1.90. The van der Waals surface area contributed by atoms with Crippen molar-refractivity contribution in [3.63, 3.8) is 0 Å². The van der Waals surface area contributed by atoms with Gasteiger partial charge in [0, 0.05) is 0 Å². The van der Waals surface area contributed by atoms with Gasteiger partial charge in [0.05, 0.1) is 15.9 Å². The van der Waals surface area contributed by atoms with Crippen molar-refractivity contribution in [1.29, 1.82) is 0 Å². The molecule has 1 aromatic heterocycles. The van der Waals surface area contributed by atoms with E-state index in [0.29, 0.717) is 15.8 Å². The van der Waals surface area contributed by atoms with E-state index in [1.165, 1.54) is 18.2 Å². The molecule has 0 saturated carbocycles. The smallest absolute Gasteiger partial charge is 0.294 e. The number of H-pyrrole nitrogens is 2. The summed E-state index contributed by atoms with van der Waals surface area (Å²) in [5.74, 6) is 0. The first kappa shape index (κ1) is 9.38. The van der Waals surface area contributed by atoms with Gasteiger partial charge in [-0.05, 0) is 30.4 Å². The summed E-state index contributed by atoms with van der Waals surface area (Å²) in [6.45, 7) is 0. The maximum Gasteiger partial charge on any atom is 0.294 e. The van der Waals surface area contributed by atoms with Gasteiger partial charge in [0.15, 0.2) is 4.77 Å². The van der Waals surface area contributed by atoms with Gasteiger partial charge in [0.2, 0.25) is 0 Å². The summed E-state index contributed by atoms with van der Waals surface area (Å²) in [5.41, 5.74) is 1.24. The quantitative estimate of drug-likeness (QED) is 0.511. The van der Waals surface area contributed by atoms with E-state index in [1.807, 2.05) is 0 Å². The van der Waals surface area contributed by atoms with E-state index in [4.69, 9.17) is 16.8 Å². The van der Waals surface area contributed by atoms with Crippen LogP contribution in [0.1, 0.15) is 0 Å². The van der Waals surface area contributed by atoms with Gasteiger partial charge < -0.3 is 9.97 Å². The predicted octanol–water partition coefficient (Wildman–Crippen LogP) is 1.47. The molecule has 0 aliphatic carbocycles. The van der Waals surface area contributed by atoms with Gasteiger partial charge in [0.25, 0.3) is 10.1 Å². The van der Waals surface area contributed by atoms with Gasteiger partial charge in [-0.15, -0.1) is 0 Å². The van der Waals surface area contributed by atoms with Crippen molar-refractivity contribution in [3.8, 4) is 0 Å². The zero-order valence-electron chi connectivity index (χ0n) is 6.81. The third-order valence-electron chi connectivity index (χ3n) is 1.79. The molecule has 0 amide bonds. The summed E-state index contributed by atoms with van der Waals surface area (Å²) in [6, 6.07) is 4.15. The van der Waals surface area contributed by atoms with Crippen LogP contribution >= 0.6 is 12.2 Å². The number of hydrogen-bond acceptors (Lipinski definition) is 3. The average molecular weight is 230 g/mol. The van der Waals surface area contributed by atoms with Crippen LogP contribution in [0.5, 0.6) is 0 Å². The van der Waals surface area contributed by atoms with E-state index in [2.05, 4.69) is 9.97 Å². The highest BCUT2D eigenvalue weighted by Gasteiger charge is 2.10. The Bertz CT molecular complexity index is 638.